The van der Waals surface area contributed by atoms with E-state index in [9.17, 15) is 12.8 Å². The lowest BCUT2D eigenvalue weighted by atomic mass is 10.0. The van der Waals surface area contributed by atoms with Crippen molar-refractivity contribution >= 4 is 37.6 Å². The number of benzene rings is 1. The van der Waals surface area contributed by atoms with Crippen LogP contribution in [-0.4, -0.2) is 39.4 Å². The number of nitrogens with one attached hydrogen (secondary N) is 2. The van der Waals surface area contributed by atoms with Gasteiger partial charge in [0.05, 0.1) is 36.1 Å². The molecule has 0 aliphatic heterocycles. The van der Waals surface area contributed by atoms with Crippen molar-refractivity contribution in [1.82, 2.24) is 24.7 Å². The van der Waals surface area contributed by atoms with Gasteiger partial charge in [-0.3, -0.25) is 14.4 Å². The van der Waals surface area contributed by atoms with E-state index in [0.29, 0.717) is 33.5 Å². The maximum Gasteiger partial charge on any atom is 0.229 e. The molecule has 0 aliphatic carbocycles. The van der Waals surface area contributed by atoms with E-state index in [0.717, 1.165) is 22.7 Å². The van der Waals surface area contributed by atoms with E-state index in [1.54, 1.807) is 41.3 Å². The van der Waals surface area contributed by atoms with Gasteiger partial charge >= 0.3 is 0 Å². The van der Waals surface area contributed by atoms with Crippen molar-refractivity contribution in [1.29, 1.82) is 0 Å². The molecule has 0 amide bonds. The number of aromatic amines is 1. The third-order valence-electron chi connectivity index (χ3n) is 4.94. The molecule has 5 aromatic rings. The Morgan fingerprint density at radius 2 is 1.84 bits per heavy atom. The minimum atomic E-state index is -3.40. The fourth-order valence-electron chi connectivity index (χ4n) is 3.65. The highest BCUT2D eigenvalue weighted by molar-refractivity contribution is 7.92. The van der Waals surface area contributed by atoms with Crippen molar-refractivity contribution in [2.75, 3.05) is 11.0 Å². The van der Waals surface area contributed by atoms with E-state index < -0.39 is 15.8 Å². The molecule has 4 heterocycles. The summed E-state index contributed by atoms with van der Waals surface area (Å²) in [4.78, 5) is 11.9. The minimum absolute atomic E-state index is 0.380. The summed E-state index contributed by atoms with van der Waals surface area (Å²) in [7, 11) is -1.57. The van der Waals surface area contributed by atoms with Gasteiger partial charge in [0.2, 0.25) is 10.0 Å². The molecule has 0 atom stereocenters. The van der Waals surface area contributed by atoms with Crippen LogP contribution < -0.4 is 4.72 Å². The second-order valence-corrected chi connectivity index (χ2v) is 9.05. The van der Waals surface area contributed by atoms with E-state index in [1.807, 2.05) is 19.3 Å². The zero-order chi connectivity index (χ0) is 21.8. The highest BCUT2D eigenvalue weighted by Gasteiger charge is 2.17. The summed E-state index contributed by atoms with van der Waals surface area (Å²) in [5.41, 5.74) is 4.21. The van der Waals surface area contributed by atoms with E-state index >= 15 is 0 Å². The number of aryl methyl sites for hydroxylation is 1. The van der Waals surface area contributed by atoms with Gasteiger partial charge in [-0.2, -0.15) is 5.10 Å². The Morgan fingerprint density at radius 3 is 2.52 bits per heavy atom. The first-order valence-electron chi connectivity index (χ1n) is 9.32. The minimum Gasteiger partial charge on any atom is -0.338 e. The van der Waals surface area contributed by atoms with E-state index in [1.165, 1.54) is 6.20 Å². The van der Waals surface area contributed by atoms with Gasteiger partial charge in [-0.25, -0.2) is 17.8 Å². The zero-order valence-electron chi connectivity index (χ0n) is 16.6. The van der Waals surface area contributed by atoms with Crippen LogP contribution in [0.1, 0.15) is 0 Å². The highest BCUT2D eigenvalue weighted by Crippen LogP contribution is 2.36. The first-order valence-corrected chi connectivity index (χ1v) is 11.2. The molecular formula is C21H17FN6O2S. The standard InChI is InChI=1S/C21H17FN6O2S/c1-28-11-13(8-25-28)17-7-15-18(10-23-17)26-21-20(15)19(16(22)9-24-21)12-3-5-14(6-4-12)27-31(2,29)30/h3-11,27H,1-2H3,(H,24,26). The van der Waals surface area contributed by atoms with Crippen LogP contribution in [0.3, 0.4) is 0 Å². The molecule has 5 rings (SSSR count). The SMILES string of the molecule is Cn1cc(-c2cc3c(cn2)[nH]c2ncc(F)c(-c4ccc(NS(C)(=O)=O)cc4)c23)cn1. The number of fused-ring (bicyclic) bond motifs is 3. The van der Waals surface area contributed by atoms with Crippen LogP contribution in [0.15, 0.2) is 55.1 Å². The van der Waals surface area contributed by atoms with Gasteiger partial charge in [-0.05, 0) is 23.8 Å². The summed E-state index contributed by atoms with van der Waals surface area (Å²) in [6, 6.07) is 8.43. The number of pyridine rings is 2. The Balaban J connectivity index is 1.71. The van der Waals surface area contributed by atoms with Crippen molar-refractivity contribution in [3.8, 4) is 22.4 Å². The van der Waals surface area contributed by atoms with Crippen LogP contribution in [0.5, 0.6) is 0 Å². The first-order chi connectivity index (χ1) is 14.8. The molecule has 0 unspecified atom stereocenters. The summed E-state index contributed by atoms with van der Waals surface area (Å²) in [6.07, 6.45) is 7.52. The molecule has 0 aliphatic rings. The quantitative estimate of drug-likeness (QED) is 0.447. The fraction of sp³-hybridized carbons (Fsp3) is 0.0952. The molecule has 2 N–H and O–H groups in total. The van der Waals surface area contributed by atoms with Gasteiger partial charge in [0.15, 0.2) is 0 Å². The van der Waals surface area contributed by atoms with Crippen molar-refractivity contribution in [3.05, 3.63) is 60.9 Å². The van der Waals surface area contributed by atoms with Gasteiger partial charge in [-0.1, -0.05) is 12.1 Å². The molecule has 0 bridgehead atoms. The number of hydrogen-bond donors (Lipinski definition) is 2. The number of hydrogen-bond acceptors (Lipinski definition) is 5. The van der Waals surface area contributed by atoms with E-state index in [2.05, 4.69) is 24.8 Å². The molecule has 31 heavy (non-hydrogen) atoms. The smallest absolute Gasteiger partial charge is 0.229 e. The molecule has 1 aromatic carbocycles. The molecule has 8 nitrogen and oxygen atoms in total. The second-order valence-electron chi connectivity index (χ2n) is 7.30. The zero-order valence-corrected chi connectivity index (χ0v) is 17.4. The topological polar surface area (TPSA) is 106 Å². The Morgan fingerprint density at radius 1 is 1.06 bits per heavy atom. The lowest BCUT2D eigenvalue weighted by Gasteiger charge is -2.08. The Bertz CT molecular complexity index is 1550. The van der Waals surface area contributed by atoms with Crippen molar-refractivity contribution in [2.24, 2.45) is 7.05 Å². The summed E-state index contributed by atoms with van der Waals surface area (Å²) < 4.78 is 42.0. The number of rotatable bonds is 4. The van der Waals surface area contributed by atoms with Crippen molar-refractivity contribution in [3.63, 3.8) is 0 Å². The third kappa shape index (κ3) is 3.50. The largest absolute Gasteiger partial charge is 0.338 e. The lowest BCUT2D eigenvalue weighted by molar-refractivity contribution is 0.607. The Labute approximate surface area is 176 Å². The predicted octanol–water partition coefficient (Wildman–Crippen LogP) is 3.69. The average Bonchev–Trinajstić information content (AvgIpc) is 3.31. The Hall–Kier alpha value is -3.79. The van der Waals surface area contributed by atoms with Crippen LogP contribution in [0.25, 0.3) is 44.3 Å². The lowest BCUT2D eigenvalue weighted by Crippen LogP contribution is -2.09. The molecule has 0 fully saturated rings. The summed E-state index contributed by atoms with van der Waals surface area (Å²) >= 11 is 0. The molecule has 0 saturated carbocycles. The highest BCUT2D eigenvalue weighted by atomic mass is 32.2. The van der Waals surface area contributed by atoms with Crippen LogP contribution in [-0.2, 0) is 17.1 Å². The molecule has 0 radical (unpaired) electrons. The first kappa shape index (κ1) is 19.2. The predicted molar refractivity (Wildman–Crippen MR) is 117 cm³/mol. The fourth-order valence-corrected chi connectivity index (χ4v) is 4.21. The van der Waals surface area contributed by atoms with Gasteiger partial charge in [0, 0.05) is 40.8 Å². The van der Waals surface area contributed by atoms with Gasteiger partial charge in [0.25, 0.3) is 0 Å². The molecule has 0 saturated heterocycles. The number of H-pyrrole nitrogens is 1. The maximum absolute atomic E-state index is 15.0. The van der Waals surface area contributed by atoms with Crippen LogP contribution >= 0.6 is 0 Å². The van der Waals surface area contributed by atoms with Crippen LogP contribution in [0, 0.1) is 5.82 Å². The summed E-state index contributed by atoms with van der Waals surface area (Å²) in [5.74, 6) is -0.475. The Kier molecular flexibility index (Phi) is 4.26. The normalized spacial score (nSPS) is 12.0. The maximum atomic E-state index is 15.0. The molecule has 156 valence electrons. The number of aromatic nitrogens is 5. The van der Waals surface area contributed by atoms with E-state index in [-0.39, 0.29) is 0 Å². The molecule has 4 aromatic heterocycles. The van der Waals surface area contributed by atoms with Gasteiger partial charge < -0.3 is 4.98 Å². The van der Waals surface area contributed by atoms with E-state index in [4.69, 9.17) is 0 Å². The molecule has 10 heteroatoms. The number of anilines is 1. The van der Waals surface area contributed by atoms with Gasteiger partial charge in [-0.15, -0.1) is 0 Å². The summed E-state index contributed by atoms with van der Waals surface area (Å²) in [5, 5.41) is 5.60. The number of nitrogens with zero attached hydrogens (tertiary/aromatic N) is 4. The monoisotopic (exact) mass is 436 g/mol. The average molecular weight is 436 g/mol. The van der Waals surface area contributed by atoms with Gasteiger partial charge in [0.1, 0.15) is 11.5 Å². The number of halogens is 1. The van der Waals surface area contributed by atoms with Crippen molar-refractivity contribution in [2.45, 2.75) is 0 Å². The summed E-state index contributed by atoms with van der Waals surface area (Å²) in [6.45, 7) is 0. The third-order valence-corrected chi connectivity index (χ3v) is 5.54. The molecular weight excluding hydrogens is 419 g/mol. The van der Waals surface area contributed by atoms with Crippen molar-refractivity contribution < 1.29 is 12.8 Å². The van der Waals surface area contributed by atoms with Crippen LogP contribution in [0.4, 0.5) is 10.1 Å². The second kappa shape index (κ2) is 6.88. The van der Waals surface area contributed by atoms with Crippen LogP contribution in [0.2, 0.25) is 0 Å². The number of sulfonamides is 1. The molecule has 0 spiro atoms.